The lowest BCUT2D eigenvalue weighted by Gasteiger charge is -2.10. The van der Waals surface area contributed by atoms with Crippen molar-refractivity contribution in [1.29, 1.82) is 0 Å². The molecule has 76 valence electrons. The van der Waals surface area contributed by atoms with Crippen molar-refractivity contribution in [3.63, 3.8) is 0 Å². The van der Waals surface area contributed by atoms with E-state index in [2.05, 4.69) is 11.6 Å². The van der Waals surface area contributed by atoms with Gasteiger partial charge in [0.15, 0.2) is 0 Å². The first-order valence-electron chi connectivity index (χ1n) is 3.92. The Labute approximate surface area is 85.0 Å². The van der Waals surface area contributed by atoms with E-state index in [0.717, 1.165) is 6.08 Å². The SMILES string of the molecule is FC(Cl)C(F)(F)C=Cc1ccccc1. The summed E-state index contributed by atoms with van der Waals surface area (Å²) in [5.41, 5.74) is -2.12. The van der Waals surface area contributed by atoms with E-state index in [0.29, 0.717) is 11.6 Å². The number of benzene rings is 1. The minimum atomic E-state index is -3.63. The zero-order valence-electron chi connectivity index (χ0n) is 7.13. The molecule has 14 heavy (non-hydrogen) atoms. The standard InChI is InChI=1S/C10H8ClF3/c11-9(12)10(13,14)7-6-8-4-2-1-3-5-8/h1-7,9H. The van der Waals surface area contributed by atoms with E-state index < -0.39 is 11.6 Å². The van der Waals surface area contributed by atoms with Crippen LogP contribution < -0.4 is 0 Å². The van der Waals surface area contributed by atoms with Crippen LogP contribution in [0.3, 0.4) is 0 Å². The van der Waals surface area contributed by atoms with Gasteiger partial charge < -0.3 is 0 Å². The summed E-state index contributed by atoms with van der Waals surface area (Å²) in [5.74, 6) is -3.63. The Balaban J connectivity index is 2.74. The van der Waals surface area contributed by atoms with Crippen LogP contribution in [0.5, 0.6) is 0 Å². The molecule has 0 aliphatic rings. The number of alkyl halides is 4. The zero-order valence-corrected chi connectivity index (χ0v) is 7.89. The van der Waals surface area contributed by atoms with E-state index in [1.165, 1.54) is 0 Å². The number of allylic oxidation sites excluding steroid dienone is 1. The maximum absolute atomic E-state index is 12.6. The molecule has 4 heteroatoms. The summed E-state index contributed by atoms with van der Waals surface area (Å²) >= 11 is 4.67. The summed E-state index contributed by atoms with van der Waals surface area (Å²) in [4.78, 5) is 0. The van der Waals surface area contributed by atoms with Crippen LogP contribution in [-0.4, -0.2) is 11.6 Å². The third-order valence-electron chi connectivity index (χ3n) is 1.59. The molecule has 0 spiro atoms. The molecule has 0 aliphatic carbocycles. The molecular formula is C10H8ClF3. The molecule has 0 saturated carbocycles. The fourth-order valence-electron chi connectivity index (χ4n) is 0.844. The van der Waals surface area contributed by atoms with Gasteiger partial charge in [-0.25, -0.2) is 4.39 Å². The van der Waals surface area contributed by atoms with Crippen LogP contribution in [0.25, 0.3) is 6.08 Å². The average molecular weight is 221 g/mol. The smallest absolute Gasteiger partial charge is 0.223 e. The maximum Gasteiger partial charge on any atom is 0.311 e. The lowest BCUT2D eigenvalue weighted by Crippen LogP contribution is -2.21. The maximum atomic E-state index is 12.6. The molecule has 0 radical (unpaired) electrons. The molecule has 0 aromatic heterocycles. The highest BCUT2D eigenvalue weighted by molar-refractivity contribution is 6.20. The Kier molecular flexibility index (Phi) is 3.58. The first kappa shape index (κ1) is 11.1. The van der Waals surface area contributed by atoms with Crippen LogP contribution in [0.1, 0.15) is 5.56 Å². The second-order valence-corrected chi connectivity index (χ2v) is 3.10. The van der Waals surface area contributed by atoms with Crippen molar-refractivity contribution in [2.24, 2.45) is 0 Å². The largest absolute Gasteiger partial charge is 0.311 e. The lowest BCUT2D eigenvalue weighted by atomic mass is 10.2. The Hall–Kier alpha value is -0.960. The minimum Gasteiger partial charge on any atom is -0.223 e. The van der Waals surface area contributed by atoms with Gasteiger partial charge in [-0.05, 0) is 11.6 Å². The van der Waals surface area contributed by atoms with Crippen LogP contribution in [0, 0.1) is 0 Å². The highest BCUT2D eigenvalue weighted by atomic mass is 35.5. The van der Waals surface area contributed by atoms with Gasteiger partial charge in [0.05, 0.1) is 0 Å². The minimum absolute atomic E-state index is 0.458. The summed E-state index contributed by atoms with van der Waals surface area (Å²) in [6, 6.07) is 8.42. The molecule has 0 N–H and O–H groups in total. The third-order valence-corrected chi connectivity index (χ3v) is 1.88. The first-order valence-corrected chi connectivity index (χ1v) is 4.36. The van der Waals surface area contributed by atoms with Crippen LogP contribution >= 0.6 is 11.6 Å². The third kappa shape index (κ3) is 3.07. The van der Waals surface area contributed by atoms with Crippen LogP contribution in [0.4, 0.5) is 13.2 Å². The summed E-state index contributed by atoms with van der Waals surface area (Å²) in [5, 5.41) is 0. The predicted molar refractivity (Wildman–Crippen MR) is 51.2 cm³/mol. The fourth-order valence-corrected chi connectivity index (χ4v) is 0.917. The van der Waals surface area contributed by atoms with Crippen molar-refractivity contribution >= 4 is 17.7 Å². The van der Waals surface area contributed by atoms with Crippen molar-refractivity contribution in [1.82, 2.24) is 0 Å². The molecule has 1 atom stereocenters. The van der Waals surface area contributed by atoms with E-state index in [1.807, 2.05) is 0 Å². The molecule has 0 saturated heterocycles. The number of hydrogen-bond donors (Lipinski definition) is 0. The Morgan fingerprint density at radius 2 is 1.79 bits per heavy atom. The van der Waals surface area contributed by atoms with Crippen molar-refractivity contribution in [3.8, 4) is 0 Å². The van der Waals surface area contributed by atoms with E-state index >= 15 is 0 Å². The number of rotatable bonds is 3. The molecule has 0 amide bonds. The second-order valence-electron chi connectivity index (χ2n) is 2.72. The highest BCUT2D eigenvalue weighted by Gasteiger charge is 2.35. The van der Waals surface area contributed by atoms with Gasteiger partial charge in [-0.2, -0.15) is 8.78 Å². The Morgan fingerprint density at radius 1 is 1.21 bits per heavy atom. The van der Waals surface area contributed by atoms with Crippen molar-refractivity contribution in [2.45, 2.75) is 11.6 Å². The molecule has 1 aromatic carbocycles. The molecule has 0 fully saturated rings. The van der Waals surface area contributed by atoms with Gasteiger partial charge in [-0.15, -0.1) is 0 Å². The molecule has 0 bridgehead atoms. The van der Waals surface area contributed by atoms with Crippen molar-refractivity contribution in [2.75, 3.05) is 0 Å². The van der Waals surface area contributed by atoms with Crippen LogP contribution in [0.2, 0.25) is 0 Å². The van der Waals surface area contributed by atoms with Gasteiger partial charge in [0.2, 0.25) is 5.63 Å². The summed E-state index contributed by atoms with van der Waals surface area (Å²) < 4.78 is 37.4. The average Bonchev–Trinajstić information content (AvgIpc) is 2.16. The molecule has 1 rings (SSSR count). The topological polar surface area (TPSA) is 0 Å². The number of hydrogen-bond acceptors (Lipinski definition) is 0. The monoisotopic (exact) mass is 220 g/mol. The second kappa shape index (κ2) is 4.51. The number of halogens is 4. The molecule has 1 aromatic rings. The molecule has 0 heterocycles. The molecule has 1 unspecified atom stereocenters. The van der Waals surface area contributed by atoms with Gasteiger partial charge in [-0.3, -0.25) is 0 Å². The van der Waals surface area contributed by atoms with Gasteiger partial charge in [0.1, 0.15) is 0 Å². The molecular weight excluding hydrogens is 213 g/mol. The van der Waals surface area contributed by atoms with Crippen LogP contribution in [0.15, 0.2) is 36.4 Å². The summed E-state index contributed by atoms with van der Waals surface area (Å²) in [7, 11) is 0. The van der Waals surface area contributed by atoms with Gasteiger partial charge in [0.25, 0.3) is 0 Å². The molecule has 0 nitrogen and oxygen atoms in total. The van der Waals surface area contributed by atoms with Gasteiger partial charge >= 0.3 is 5.92 Å². The van der Waals surface area contributed by atoms with E-state index in [-0.39, 0.29) is 0 Å². The Morgan fingerprint density at radius 3 is 2.29 bits per heavy atom. The Bertz CT molecular complexity index is 306. The quantitative estimate of drug-likeness (QED) is 0.679. The lowest BCUT2D eigenvalue weighted by molar-refractivity contribution is 0.00918. The zero-order chi connectivity index (χ0) is 10.6. The highest BCUT2D eigenvalue weighted by Crippen LogP contribution is 2.26. The summed E-state index contributed by atoms with van der Waals surface area (Å²) in [6.07, 6.45) is 1.59. The van der Waals surface area contributed by atoms with Crippen LogP contribution in [-0.2, 0) is 0 Å². The van der Waals surface area contributed by atoms with E-state index in [1.54, 1.807) is 30.3 Å². The van der Waals surface area contributed by atoms with Gasteiger partial charge in [-0.1, -0.05) is 48.0 Å². The fraction of sp³-hybridized carbons (Fsp3) is 0.200. The normalized spacial score (nSPS) is 14.6. The van der Waals surface area contributed by atoms with Crippen molar-refractivity contribution < 1.29 is 13.2 Å². The van der Waals surface area contributed by atoms with E-state index in [9.17, 15) is 13.2 Å². The van der Waals surface area contributed by atoms with Crippen molar-refractivity contribution in [3.05, 3.63) is 42.0 Å². The van der Waals surface area contributed by atoms with Gasteiger partial charge in [0, 0.05) is 0 Å². The molecule has 0 aliphatic heterocycles. The summed E-state index contributed by atoms with van der Waals surface area (Å²) in [6.45, 7) is 0. The predicted octanol–water partition coefficient (Wildman–Crippen LogP) is 3.87. The first-order chi connectivity index (χ1) is 6.52. The van der Waals surface area contributed by atoms with E-state index in [4.69, 9.17) is 0 Å².